The Labute approximate surface area is 160 Å². The van der Waals surface area contributed by atoms with Crippen LogP contribution < -0.4 is 0 Å². The number of carboxylic acid groups (broad SMARTS) is 1. The molecule has 0 radical (unpaired) electrons. The summed E-state index contributed by atoms with van der Waals surface area (Å²) < 4.78 is 43.6. The van der Waals surface area contributed by atoms with E-state index in [-0.39, 0.29) is 17.2 Å². The summed E-state index contributed by atoms with van der Waals surface area (Å²) in [5.41, 5.74) is 0.617. The molecule has 0 spiro atoms. The lowest BCUT2D eigenvalue weighted by molar-refractivity contribution is -0.138. The van der Waals surface area contributed by atoms with Crippen LogP contribution in [0, 0.1) is 0 Å². The van der Waals surface area contributed by atoms with Gasteiger partial charge < -0.3 is 14.7 Å². The topological polar surface area (TPSA) is 66.8 Å². The third kappa shape index (κ3) is 3.39. The highest BCUT2D eigenvalue weighted by molar-refractivity contribution is 5.99. The number of carbonyl (C=O) groups excluding carboxylic acids is 1. The Kier molecular flexibility index (Phi) is 4.99. The minimum Gasteiger partial charge on any atom is -0.478 e. The van der Waals surface area contributed by atoms with E-state index in [2.05, 4.69) is 0 Å². The molecule has 0 amide bonds. The maximum Gasteiger partial charge on any atom is 0.416 e. The van der Waals surface area contributed by atoms with Crippen molar-refractivity contribution in [2.45, 2.75) is 44.8 Å². The first-order valence-corrected chi connectivity index (χ1v) is 8.77. The number of ether oxygens (including phenoxy) is 1. The SMILES string of the molecule is COC(=O)C1=C(C)N(C2CC2)C(C)=C(C(=O)O)C1c1ccc(C(F)(F)F)cc1. The van der Waals surface area contributed by atoms with Crippen molar-refractivity contribution in [3.8, 4) is 0 Å². The fourth-order valence-electron chi connectivity index (χ4n) is 3.81. The monoisotopic (exact) mass is 395 g/mol. The molecule has 1 aromatic rings. The van der Waals surface area contributed by atoms with E-state index < -0.39 is 29.6 Å². The van der Waals surface area contributed by atoms with Gasteiger partial charge in [-0.25, -0.2) is 9.59 Å². The van der Waals surface area contributed by atoms with Crippen LogP contribution >= 0.6 is 0 Å². The highest BCUT2D eigenvalue weighted by Crippen LogP contribution is 2.46. The van der Waals surface area contributed by atoms with Crippen molar-refractivity contribution in [1.82, 2.24) is 4.90 Å². The van der Waals surface area contributed by atoms with Crippen LogP contribution in [0.25, 0.3) is 0 Å². The van der Waals surface area contributed by atoms with Crippen molar-refractivity contribution in [1.29, 1.82) is 0 Å². The molecule has 5 nitrogen and oxygen atoms in total. The van der Waals surface area contributed by atoms with Crippen molar-refractivity contribution in [2.24, 2.45) is 0 Å². The van der Waals surface area contributed by atoms with Crippen LogP contribution in [-0.4, -0.2) is 35.1 Å². The number of rotatable bonds is 4. The number of nitrogens with zero attached hydrogens (tertiary/aromatic N) is 1. The van der Waals surface area contributed by atoms with Gasteiger partial charge in [0, 0.05) is 17.4 Å². The van der Waals surface area contributed by atoms with Crippen molar-refractivity contribution < 1.29 is 32.6 Å². The van der Waals surface area contributed by atoms with Gasteiger partial charge in [0.2, 0.25) is 0 Å². The Hall–Kier alpha value is -2.77. The Morgan fingerprint density at radius 1 is 1.07 bits per heavy atom. The Morgan fingerprint density at radius 3 is 2.04 bits per heavy atom. The smallest absolute Gasteiger partial charge is 0.416 e. The lowest BCUT2D eigenvalue weighted by Crippen LogP contribution is -2.35. The molecule has 3 rings (SSSR count). The molecule has 0 aromatic heterocycles. The minimum absolute atomic E-state index is 0.0299. The zero-order chi connectivity index (χ0) is 20.8. The van der Waals surface area contributed by atoms with E-state index in [1.807, 2.05) is 4.90 Å². The second-order valence-electron chi connectivity index (χ2n) is 6.95. The number of aliphatic carboxylic acids is 1. The fourth-order valence-corrected chi connectivity index (χ4v) is 3.81. The molecule has 1 fully saturated rings. The van der Waals surface area contributed by atoms with E-state index in [1.54, 1.807) is 13.8 Å². The average Bonchev–Trinajstić information content (AvgIpc) is 3.44. The van der Waals surface area contributed by atoms with Gasteiger partial charge >= 0.3 is 18.1 Å². The second-order valence-corrected chi connectivity index (χ2v) is 6.95. The molecule has 0 bridgehead atoms. The number of hydrogen-bond donors (Lipinski definition) is 1. The summed E-state index contributed by atoms with van der Waals surface area (Å²) in [7, 11) is 1.19. The molecule has 0 saturated heterocycles. The maximum absolute atomic E-state index is 12.9. The van der Waals surface area contributed by atoms with Crippen LogP contribution in [0.15, 0.2) is 46.8 Å². The van der Waals surface area contributed by atoms with E-state index >= 15 is 0 Å². The highest BCUT2D eigenvalue weighted by atomic mass is 19.4. The molecule has 8 heteroatoms. The van der Waals surface area contributed by atoms with Crippen molar-refractivity contribution in [2.75, 3.05) is 7.11 Å². The molecule has 1 N–H and O–H groups in total. The molecule has 1 atom stereocenters. The van der Waals surface area contributed by atoms with Crippen LogP contribution in [0.2, 0.25) is 0 Å². The first-order valence-electron chi connectivity index (χ1n) is 8.77. The van der Waals surface area contributed by atoms with Gasteiger partial charge in [-0.2, -0.15) is 13.2 Å². The number of carboxylic acids is 1. The van der Waals surface area contributed by atoms with Gasteiger partial charge in [-0.15, -0.1) is 0 Å². The van der Waals surface area contributed by atoms with E-state index in [0.717, 1.165) is 25.0 Å². The molecule has 1 saturated carbocycles. The average molecular weight is 395 g/mol. The fraction of sp³-hybridized carbons (Fsp3) is 0.400. The summed E-state index contributed by atoms with van der Waals surface area (Å²) in [5.74, 6) is -2.93. The summed E-state index contributed by atoms with van der Waals surface area (Å²) in [6.07, 6.45) is -2.76. The van der Waals surface area contributed by atoms with E-state index in [9.17, 15) is 27.9 Å². The van der Waals surface area contributed by atoms with Crippen LogP contribution in [-0.2, 0) is 20.5 Å². The molecule has 1 aliphatic carbocycles. The lowest BCUT2D eigenvalue weighted by atomic mass is 9.79. The van der Waals surface area contributed by atoms with E-state index in [4.69, 9.17) is 4.74 Å². The predicted molar refractivity (Wildman–Crippen MR) is 94.1 cm³/mol. The number of halogens is 3. The number of carbonyl (C=O) groups is 2. The number of allylic oxidation sites excluding steroid dienone is 2. The Balaban J connectivity index is 2.19. The molecule has 1 heterocycles. The molecule has 1 aromatic carbocycles. The Bertz CT molecular complexity index is 880. The third-order valence-electron chi connectivity index (χ3n) is 5.20. The van der Waals surface area contributed by atoms with Gasteiger partial charge in [-0.1, -0.05) is 12.1 Å². The summed E-state index contributed by atoms with van der Waals surface area (Å²) in [6, 6.07) is 4.32. The van der Waals surface area contributed by atoms with E-state index in [1.165, 1.54) is 19.2 Å². The van der Waals surface area contributed by atoms with Gasteiger partial charge in [-0.3, -0.25) is 0 Å². The molecular formula is C20H20F3NO4. The first kappa shape index (κ1) is 20.0. The largest absolute Gasteiger partial charge is 0.478 e. The lowest BCUT2D eigenvalue weighted by Gasteiger charge is -2.37. The van der Waals surface area contributed by atoms with Gasteiger partial charge in [0.15, 0.2) is 0 Å². The quantitative estimate of drug-likeness (QED) is 0.779. The highest BCUT2D eigenvalue weighted by Gasteiger charge is 2.43. The molecule has 28 heavy (non-hydrogen) atoms. The molecule has 1 aliphatic heterocycles. The van der Waals surface area contributed by atoms with E-state index in [0.29, 0.717) is 17.0 Å². The van der Waals surface area contributed by atoms with Crippen molar-refractivity contribution in [3.05, 3.63) is 57.9 Å². The van der Waals surface area contributed by atoms with Gasteiger partial charge in [-0.05, 0) is 44.4 Å². The molecule has 2 aliphatic rings. The summed E-state index contributed by atoms with van der Waals surface area (Å²) in [5, 5.41) is 9.86. The first-order chi connectivity index (χ1) is 13.1. The molecule has 150 valence electrons. The second kappa shape index (κ2) is 7.00. The van der Waals surface area contributed by atoms with Crippen molar-refractivity contribution in [3.63, 3.8) is 0 Å². The number of hydrogen-bond acceptors (Lipinski definition) is 4. The van der Waals surface area contributed by atoms with Gasteiger partial charge in [0.25, 0.3) is 0 Å². The third-order valence-corrected chi connectivity index (χ3v) is 5.20. The minimum atomic E-state index is -4.51. The van der Waals surface area contributed by atoms with Gasteiger partial charge in [0.1, 0.15) is 0 Å². The standard InChI is InChI=1S/C20H20F3NO4/c1-10-15(18(25)26)17(12-4-6-13(7-5-12)20(21,22)23)16(19(27)28-3)11(2)24(10)14-8-9-14/h4-7,14,17H,8-9H2,1-3H3,(H,25,26). The van der Waals surface area contributed by atoms with Crippen LogP contribution in [0.4, 0.5) is 13.2 Å². The zero-order valence-electron chi connectivity index (χ0n) is 15.6. The number of benzene rings is 1. The molecule has 1 unspecified atom stereocenters. The summed E-state index contributed by atoms with van der Waals surface area (Å²) >= 11 is 0. The number of esters is 1. The summed E-state index contributed by atoms with van der Waals surface area (Å²) in [4.78, 5) is 26.5. The Morgan fingerprint density at radius 2 is 1.61 bits per heavy atom. The van der Waals surface area contributed by atoms with Crippen LogP contribution in [0.5, 0.6) is 0 Å². The zero-order valence-corrected chi connectivity index (χ0v) is 15.6. The van der Waals surface area contributed by atoms with Crippen molar-refractivity contribution >= 4 is 11.9 Å². The van der Waals surface area contributed by atoms with Crippen LogP contribution in [0.3, 0.4) is 0 Å². The predicted octanol–water partition coefficient (Wildman–Crippen LogP) is 4.07. The van der Waals surface area contributed by atoms with Gasteiger partial charge in [0.05, 0.1) is 29.7 Å². The maximum atomic E-state index is 12.9. The summed E-state index contributed by atoms with van der Waals surface area (Å²) in [6.45, 7) is 3.38. The molecular weight excluding hydrogens is 375 g/mol. The van der Waals surface area contributed by atoms with Crippen LogP contribution in [0.1, 0.15) is 43.7 Å². The number of alkyl halides is 3. The normalized spacial score (nSPS) is 20.5. The number of methoxy groups -OCH3 is 1.